The van der Waals surface area contributed by atoms with Crippen molar-refractivity contribution in [2.45, 2.75) is 11.8 Å². The normalized spacial score (nSPS) is 10.9. The molecule has 0 heterocycles. The van der Waals surface area contributed by atoms with Gasteiger partial charge in [-0.2, -0.15) is 8.42 Å². The van der Waals surface area contributed by atoms with E-state index >= 15 is 0 Å². The Balaban J connectivity index is 2.22. The maximum Gasteiger partial charge on any atom is 0.339 e. The van der Waals surface area contributed by atoms with Gasteiger partial charge in [-0.15, -0.1) is 0 Å². The van der Waals surface area contributed by atoms with E-state index in [0.29, 0.717) is 11.8 Å². The van der Waals surface area contributed by atoms with E-state index in [9.17, 15) is 13.2 Å². The molecule has 0 saturated carbocycles. The SMILES string of the molecule is Cc1ccc(S(=O)(=O)Oc2ccc(C(=O)C=N)cc2)cc1. The van der Waals surface area contributed by atoms with E-state index in [1.54, 1.807) is 12.1 Å². The Morgan fingerprint density at radius 3 is 2.14 bits per heavy atom. The number of hydrogen-bond donors (Lipinski definition) is 1. The highest BCUT2D eigenvalue weighted by Gasteiger charge is 2.16. The van der Waals surface area contributed by atoms with Crippen LogP contribution in [0.3, 0.4) is 0 Å². The lowest BCUT2D eigenvalue weighted by Gasteiger charge is -2.07. The Bertz CT molecular complexity index is 762. The second kappa shape index (κ2) is 5.88. The van der Waals surface area contributed by atoms with Gasteiger partial charge in [0.2, 0.25) is 5.78 Å². The zero-order chi connectivity index (χ0) is 15.5. The van der Waals surface area contributed by atoms with E-state index in [4.69, 9.17) is 9.59 Å². The number of hydrogen-bond acceptors (Lipinski definition) is 5. The predicted octanol–water partition coefficient (Wildman–Crippen LogP) is 2.59. The van der Waals surface area contributed by atoms with Crippen LogP contribution >= 0.6 is 0 Å². The Morgan fingerprint density at radius 1 is 1.05 bits per heavy atom. The maximum absolute atomic E-state index is 12.1. The fraction of sp³-hybridized carbons (Fsp3) is 0.0667. The van der Waals surface area contributed by atoms with Crippen LogP contribution in [-0.4, -0.2) is 20.4 Å². The molecule has 2 aromatic rings. The molecule has 0 spiro atoms. The molecule has 0 fully saturated rings. The first-order valence-corrected chi connectivity index (χ1v) is 7.49. The molecular weight excluding hydrogens is 290 g/mol. The minimum atomic E-state index is -3.90. The van der Waals surface area contributed by atoms with Gasteiger partial charge in [-0.25, -0.2) is 0 Å². The molecular formula is C15H13NO4S. The third-order valence-electron chi connectivity index (χ3n) is 2.79. The van der Waals surface area contributed by atoms with Crippen molar-refractivity contribution in [1.29, 1.82) is 5.41 Å². The van der Waals surface area contributed by atoms with Crippen LogP contribution in [0.4, 0.5) is 0 Å². The second-order valence-electron chi connectivity index (χ2n) is 4.38. The first-order chi connectivity index (χ1) is 9.92. The van der Waals surface area contributed by atoms with Crippen LogP contribution in [0.2, 0.25) is 0 Å². The molecule has 0 aliphatic rings. The molecule has 0 bridgehead atoms. The summed E-state index contributed by atoms with van der Waals surface area (Å²) in [5.74, 6) is -0.347. The third kappa shape index (κ3) is 3.55. The van der Waals surface area contributed by atoms with Crippen LogP contribution < -0.4 is 4.18 Å². The molecule has 0 atom stereocenters. The van der Waals surface area contributed by atoms with E-state index in [1.165, 1.54) is 36.4 Å². The van der Waals surface area contributed by atoms with Gasteiger partial charge in [0.15, 0.2) is 0 Å². The lowest BCUT2D eigenvalue weighted by Crippen LogP contribution is -2.10. The highest BCUT2D eigenvalue weighted by atomic mass is 32.2. The summed E-state index contributed by atoms with van der Waals surface area (Å²) in [6, 6.07) is 11.9. The molecule has 1 N–H and O–H groups in total. The molecule has 0 amide bonds. The summed E-state index contributed by atoms with van der Waals surface area (Å²) in [6.45, 7) is 1.86. The van der Waals surface area contributed by atoms with E-state index in [2.05, 4.69) is 0 Å². The molecule has 108 valence electrons. The number of aryl methyl sites for hydroxylation is 1. The summed E-state index contributed by atoms with van der Waals surface area (Å²) < 4.78 is 29.1. The van der Waals surface area contributed by atoms with Gasteiger partial charge in [0, 0.05) is 5.56 Å². The summed E-state index contributed by atoms with van der Waals surface area (Å²) in [5.41, 5.74) is 1.24. The average molecular weight is 303 g/mol. The Labute approximate surface area is 122 Å². The van der Waals surface area contributed by atoms with E-state index in [1.807, 2.05) is 6.92 Å². The van der Waals surface area contributed by atoms with Gasteiger partial charge in [0.25, 0.3) is 0 Å². The lowest BCUT2D eigenvalue weighted by atomic mass is 10.1. The number of ketones is 1. The Kier molecular flexibility index (Phi) is 4.18. The zero-order valence-corrected chi connectivity index (χ0v) is 12.1. The van der Waals surface area contributed by atoms with Gasteiger partial charge in [0.1, 0.15) is 10.6 Å². The Hall–Kier alpha value is -2.47. The van der Waals surface area contributed by atoms with Gasteiger partial charge in [-0.05, 0) is 43.3 Å². The van der Waals surface area contributed by atoms with Gasteiger partial charge >= 0.3 is 10.1 Å². The molecule has 2 aromatic carbocycles. The number of rotatable bonds is 5. The largest absolute Gasteiger partial charge is 0.379 e. The first-order valence-electron chi connectivity index (χ1n) is 6.08. The monoisotopic (exact) mass is 303 g/mol. The third-order valence-corrected chi connectivity index (χ3v) is 4.05. The smallest absolute Gasteiger partial charge is 0.339 e. The summed E-state index contributed by atoms with van der Waals surface area (Å²) in [7, 11) is -3.90. The van der Waals surface area contributed by atoms with Crippen LogP contribution in [-0.2, 0) is 10.1 Å². The van der Waals surface area contributed by atoms with E-state index < -0.39 is 15.9 Å². The lowest BCUT2D eigenvalue weighted by molar-refractivity contribution is 0.107. The number of benzene rings is 2. The van der Waals surface area contributed by atoms with E-state index in [-0.39, 0.29) is 10.6 Å². The van der Waals surface area contributed by atoms with Crippen molar-refractivity contribution in [2.75, 3.05) is 0 Å². The highest BCUT2D eigenvalue weighted by Crippen LogP contribution is 2.19. The van der Waals surface area contributed by atoms with Crippen LogP contribution in [0.5, 0.6) is 5.75 Å². The Morgan fingerprint density at radius 2 is 1.62 bits per heavy atom. The molecule has 2 rings (SSSR count). The fourth-order valence-electron chi connectivity index (χ4n) is 1.64. The molecule has 0 aliphatic heterocycles. The standard InChI is InChI=1S/C15H13NO4S/c1-11-2-8-14(9-3-11)21(18,19)20-13-6-4-12(5-7-13)15(17)10-16/h2-10,16H,1H3. The van der Waals surface area contributed by atoms with Gasteiger partial charge in [0.05, 0.1) is 6.21 Å². The minimum absolute atomic E-state index is 0.0627. The molecule has 6 heteroatoms. The molecule has 0 saturated heterocycles. The quantitative estimate of drug-likeness (QED) is 0.522. The van der Waals surface area contributed by atoms with Crippen LogP contribution in [0.15, 0.2) is 53.4 Å². The summed E-state index contributed by atoms with van der Waals surface area (Å²) in [6.07, 6.45) is 0.693. The number of nitrogens with one attached hydrogen (secondary N) is 1. The molecule has 0 radical (unpaired) electrons. The summed E-state index contributed by atoms with van der Waals surface area (Å²) in [5, 5.41) is 6.87. The predicted molar refractivity (Wildman–Crippen MR) is 78.5 cm³/mol. The van der Waals surface area contributed by atoms with Crippen LogP contribution in [0.25, 0.3) is 0 Å². The number of Topliss-reactive ketones (excluding diaryl/α,β-unsaturated/α-hetero) is 1. The van der Waals surface area contributed by atoms with Crippen LogP contribution in [0.1, 0.15) is 15.9 Å². The number of carbonyl (C=O) groups is 1. The average Bonchev–Trinajstić information content (AvgIpc) is 2.47. The highest BCUT2D eigenvalue weighted by molar-refractivity contribution is 7.87. The molecule has 5 nitrogen and oxygen atoms in total. The van der Waals surface area contributed by atoms with E-state index in [0.717, 1.165) is 5.56 Å². The molecule has 0 unspecified atom stereocenters. The van der Waals surface area contributed by atoms with Gasteiger partial charge < -0.3 is 9.59 Å². The topological polar surface area (TPSA) is 84.3 Å². The van der Waals surface area contributed by atoms with Crippen molar-refractivity contribution in [3.8, 4) is 5.75 Å². The van der Waals surface area contributed by atoms with Crippen molar-refractivity contribution in [3.63, 3.8) is 0 Å². The van der Waals surface area contributed by atoms with Gasteiger partial charge in [-0.1, -0.05) is 17.7 Å². The molecule has 0 aromatic heterocycles. The van der Waals surface area contributed by atoms with Crippen molar-refractivity contribution < 1.29 is 17.4 Å². The fourth-order valence-corrected chi connectivity index (χ4v) is 2.57. The maximum atomic E-state index is 12.1. The summed E-state index contributed by atoms with van der Waals surface area (Å²) in [4.78, 5) is 11.3. The second-order valence-corrected chi connectivity index (χ2v) is 5.93. The van der Waals surface area contributed by atoms with Gasteiger partial charge in [-0.3, -0.25) is 4.79 Å². The van der Waals surface area contributed by atoms with Crippen molar-refractivity contribution in [2.24, 2.45) is 0 Å². The van der Waals surface area contributed by atoms with Crippen molar-refractivity contribution in [3.05, 3.63) is 59.7 Å². The minimum Gasteiger partial charge on any atom is -0.379 e. The zero-order valence-electron chi connectivity index (χ0n) is 11.2. The summed E-state index contributed by atoms with van der Waals surface area (Å²) >= 11 is 0. The molecule has 21 heavy (non-hydrogen) atoms. The first kappa shape index (κ1) is 14.9. The number of carbonyl (C=O) groups excluding carboxylic acids is 1. The van der Waals surface area contributed by atoms with Crippen molar-refractivity contribution >= 4 is 22.1 Å². The van der Waals surface area contributed by atoms with Crippen LogP contribution in [0, 0.1) is 12.3 Å². The van der Waals surface area contributed by atoms with Crippen molar-refractivity contribution in [1.82, 2.24) is 0 Å². The molecule has 0 aliphatic carbocycles.